The van der Waals surface area contributed by atoms with Crippen LogP contribution >= 0.6 is 0 Å². The highest BCUT2D eigenvalue weighted by atomic mass is 19.1. The van der Waals surface area contributed by atoms with Crippen molar-refractivity contribution in [1.82, 2.24) is 9.97 Å². The van der Waals surface area contributed by atoms with E-state index in [0.29, 0.717) is 0 Å². The fraction of sp³-hybridized carbons (Fsp3) is 0.188. The average molecular weight is 318 g/mol. The third kappa shape index (κ3) is 5.06. The molecule has 0 amide bonds. The largest absolute Gasteiger partial charge is 0.502 e. The van der Waals surface area contributed by atoms with E-state index in [1.165, 1.54) is 24.4 Å². The maximum atomic E-state index is 12.8. The quantitative estimate of drug-likeness (QED) is 0.501. The molecule has 120 valence electrons. The molecule has 2 rings (SSSR count). The van der Waals surface area contributed by atoms with Gasteiger partial charge in [-0.05, 0) is 24.6 Å². The number of rotatable bonds is 6. The Labute approximate surface area is 132 Å². The van der Waals surface area contributed by atoms with Crippen molar-refractivity contribution in [2.75, 3.05) is 6.61 Å². The summed E-state index contributed by atoms with van der Waals surface area (Å²) >= 11 is 0. The minimum Gasteiger partial charge on any atom is -0.502 e. The standard InChI is InChI=1S/C16H15FN2O4/c1-2-22-16(21)13(20)9-14-18-8-7-15(19-14)23-10-11-3-5-12(17)6-4-11/h3-9,20H,2,10H2,1H3/b13-9-. The van der Waals surface area contributed by atoms with Crippen molar-refractivity contribution < 1.29 is 23.8 Å². The molecule has 0 bridgehead atoms. The molecule has 0 spiro atoms. The van der Waals surface area contributed by atoms with Gasteiger partial charge in [0.25, 0.3) is 0 Å². The molecule has 1 N–H and O–H groups in total. The van der Waals surface area contributed by atoms with Crippen LogP contribution in [0.5, 0.6) is 5.88 Å². The first kappa shape index (κ1) is 16.4. The van der Waals surface area contributed by atoms with Gasteiger partial charge in [0, 0.05) is 18.3 Å². The zero-order chi connectivity index (χ0) is 16.7. The van der Waals surface area contributed by atoms with Crippen LogP contribution in [0.15, 0.2) is 42.3 Å². The first-order valence-corrected chi connectivity index (χ1v) is 6.86. The third-order valence-corrected chi connectivity index (χ3v) is 2.70. The Morgan fingerprint density at radius 2 is 2.04 bits per heavy atom. The third-order valence-electron chi connectivity index (χ3n) is 2.70. The Morgan fingerprint density at radius 1 is 1.30 bits per heavy atom. The number of benzene rings is 1. The average Bonchev–Trinajstić information content (AvgIpc) is 2.55. The van der Waals surface area contributed by atoms with E-state index in [4.69, 9.17) is 4.74 Å². The summed E-state index contributed by atoms with van der Waals surface area (Å²) in [5, 5.41) is 9.56. The number of nitrogens with zero attached hydrogens (tertiary/aromatic N) is 2. The van der Waals surface area contributed by atoms with Crippen LogP contribution in [0, 0.1) is 5.82 Å². The Kier molecular flexibility index (Phi) is 5.62. The van der Waals surface area contributed by atoms with Gasteiger partial charge in [-0.15, -0.1) is 0 Å². The SMILES string of the molecule is CCOC(=O)/C(O)=C/c1nccc(OCc2ccc(F)cc2)n1. The molecule has 0 aliphatic carbocycles. The van der Waals surface area contributed by atoms with Crippen LogP contribution in [0.1, 0.15) is 18.3 Å². The first-order valence-electron chi connectivity index (χ1n) is 6.86. The normalized spacial score (nSPS) is 11.1. The number of esters is 1. The van der Waals surface area contributed by atoms with Crippen LogP contribution in [0.2, 0.25) is 0 Å². The molecule has 0 aliphatic rings. The van der Waals surface area contributed by atoms with E-state index in [9.17, 15) is 14.3 Å². The fourth-order valence-electron chi connectivity index (χ4n) is 1.63. The summed E-state index contributed by atoms with van der Waals surface area (Å²) in [4.78, 5) is 19.3. The van der Waals surface area contributed by atoms with Crippen LogP contribution in [0.25, 0.3) is 6.08 Å². The molecule has 0 fully saturated rings. The maximum Gasteiger partial charge on any atom is 0.373 e. The van der Waals surface area contributed by atoms with Gasteiger partial charge in [-0.2, -0.15) is 4.98 Å². The minimum atomic E-state index is -0.853. The van der Waals surface area contributed by atoms with Crippen LogP contribution in [-0.4, -0.2) is 27.7 Å². The minimum absolute atomic E-state index is 0.104. The van der Waals surface area contributed by atoms with Gasteiger partial charge in [0.1, 0.15) is 12.4 Å². The van der Waals surface area contributed by atoms with E-state index in [1.54, 1.807) is 19.1 Å². The molecule has 0 unspecified atom stereocenters. The molecule has 0 radical (unpaired) electrons. The van der Waals surface area contributed by atoms with Crippen LogP contribution < -0.4 is 4.74 Å². The van der Waals surface area contributed by atoms with Gasteiger partial charge >= 0.3 is 5.97 Å². The lowest BCUT2D eigenvalue weighted by Gasteiger charge is -2.06. The number of hydrogen-bond donors (Lipinski definition) is 1. The maximum absolute atomic E-state index is 12.8. The molecule has 23 heavy (non-hydrogen) atoms. The van der Waals surface area contributed by atoms with Gasteiger partial charge in [0.05, 0.1) is 6.61 Å². The Balaban J connectivity index is 2.03. The zero-order valence-electron chi connectivity index (χ0n) is 12.4. The van der Waals surface area contributed by atoms with Crippen LogP contribution in [0.4, 0.5) is 4.39 Å². The number of aromatic nitrogens is 2. The smallest absolute Gasteiger partial charge is 0.373 e. The second kappa shape index (κ2) is 7.88. The highest BCUT2D eigenvalue weighted by molar-refractivity contribution is 5.90. The molecular weight excluding hydrogens is 303 g/mol. The van der Waals surface area contributed by atoms with Gasteiger partial charge < -0.3 is 14.6 Å². The number of carbonyl (C=O) groups is 1. The van der Waals surface area contributed by atoms with Crippen LogP contribution in [-0.2, 0) is 16.1 Å². The number of ether oxygens (including phenoxy) is 2. The molecule has 0 aliphatic heterocycles. The highest BCUT2D eigenvalue weighted by Crippen LogP contribution is 2.11. The molecule has 1 heterocycles. The van der Waals surface area contributed by atoms with Gasteiger partial charge in [0.15, 0.2) is 5.82 Å². The van der Waals surface area contributed by atoms with Crippen molar-refractivity contribution in [3.63, 3.8) is 0 Å². The van der Waals surface area contributed by atoms with Crippen LogP contribution in [0.3, 0.4) is 0 Å². The molecule has 1 aromatic heterocycles. The number of aliphatic hydroxyl groups excluding tert-OH is 1. The lowest BCUT2D eigenvalue weighted by Crippen LogP contribution is -2.07. The fourth-order valence-corrected chi connectivity index (χ4v) is 1.63. The van der Waals surface area contributed by atoms with E-state index in [-0.39, 0.29) is 30.7 Å². The van der Waals surface area contributed by atoms with Crippen molar-refractivity contribution in [2.24, 2.45) is 0 Å². The van der Waals surface area contributed by atoms with Crippen molar-refractivity contribution in [1.29, 1.82) is 0 Å². The Bertz CT molecular complexity index is 701. The van der Waals surface area contributed by atoms with Crippen molar-refractivity contribution in [2.45, 2.75) is 13.5 Å². The highest BCUT2D eigenvalue weighted by Gasteiger charge is 2.09. The van der Waals surface area contributed by atoms with Gasteiger partial charge in [0.2, 0.25) is 11.6 Å². The zero-order valence-corrected chi connectivity index (χ0v) is 12.4. The van der Waals surface area contributed by atoms with E-state index in [1.807, 2.05) is 0 Å². The predicted octanol–water partition coefficient (Wildman–Crippen LogP) is 2.66. The molecule has 0 saturated heterocycles. The molecule has 1 aromatic carbocycles. The summed E-state index contributed by atoms with van der Waals surface area (Å²) in [7, 11) is 0. The summed E-state index contributed by atoms with van der Waals surface area (Å²) in [6.45, 7) is 1.98. The Hall–Kier alpha value is -2.96. The lowest BCUT2D eigenvalue weighted by molar-refractivity contribution is -0.141. The molecule has 0 atom stereocenters. The number of aliphatic hydroxyl groups is 1. The van der Waals surface area contributed by atoms with Gasteiger partial charge in [-0.25, -0.2) is 14.2 Å². The number of hydrogen-bond acceptors (Lipinski definition) is 6. The lowest BCUT2D eigenvalue weighted by atomic mass is 10.2. The summed E-state index contributed by atoms with van der Waals surface area (Å²) in [6, 6.07) is 7.41. The van der Waals surface area contributed by atoms with E-state index in [2.05, 4.69) is 14.7 Å². The van der Waals surface area contributed by atoms with E-state index in [0.717, 1.165) is 11.6 Å². The monoisotopic (exact) mass is 318 g/mol. The van der Waals surface area contributed by atoms with E-state index >= 15 is 0 Å². The summed E-state index contributed by atoms with van der Waals surface area (Å²) < 4.78 is 22.9. The molecule has 2 aromatic rings. The second-order valence-electron chi connectivity index (χ2n) is 4.42. The summed E-state index contributed by atoms with van der Waals surface area (Å²) in [5.41, 5.74) is 0.775. The summed E-state index contributed by atoms with van der Waals surface area (Å²) in [5.74, 6) is -1.41. The molecule has 6 nitrogen and oxygen atoms in total. The molecule has 7 heteroatoms. The Morgan fingerprint density at radius 3 is 2.74 bits per heavy atom. The first-order chi connectivity index (χ1) is 11.1. The number of carbonyl (C=O) groups excluding carboxylic acids is 1. The van der Waals surface area contributed by atoms with E-state index < -0.39 is 11.7 Å². The van der Waals surface area contributed by atoms with Gasteiger partial charge in [-0.3, -0.25) is 0 Å². The second-order valence-corrected chi connectivity index (χ2v) is 4.42. The predicted molar refractivity (Wildman–Crippen MR) is 80.0 cm³/mol. The van der Waals surface area contributed by atoms with Crippen molar-refractivity contribution >= 4 is 12.0 Å². The summed E-state index contributed by atoms with van der Waals surface area (Å²) in [6.07, 6.45) is 2.51. The van der Waals surface area contributed by atoms with Crippen molar-refractivity contribution in [3.8, 4) is 5.88 Å². The van der Waals surface area contributed by atoms with Gasteiger partial charge in [-0.1, -0.05) is 12.1 Å². The number of halogens is 1. The molecular formula is C16H15FN2O4. The topological polar surface area (TPSA) is 81.5 Å². The van der Waals surface area contributed by atoms with Crippen molar-refractivity contribution in [3.05, 3.63) is 59.5 Å². The molecule has 0 saturated carbocycles.